The van der Waals surface area contributed by atoms with E-state index >= 15 is 0 Å². The van der Waals surface area contributed by atoms with E-state index in [0.717, 1.165) is 19.0 Å². The van der Waals surface area contributed by atoms with Gasteiger partial charge in [0.15, 0.2) is 6.61 Å². The number of hydrogen-bond acceptors (Lipinski definition) is 3. The van der Waals surface area contributed by atoms with E-state index in [4.69, 9.17) is 16.3 Å². The van der Waals surface area contributed by atoms with Crippen molar-refractivity contribution in [2.24, 2.45) is 5.10 Å². The molecule has 0 unspecified atom stereocenters. The predicted molar refractivity (Wildman–Crippen MR) is 107 cm³/mol. The summed E-state index contributed by atoms with van der Waals surface area (Å²) in [5.41, 5.74) is 4.01. The first-order chi connectivity index (χ1) is 11.4. The summed E-state index contributed by atoms with van der Waals surface area (Å²) in [6.07, 6.45) is 0. The lowest BCUT2D eigenvalue weighted by Gasteiger charge is -2.10. The SMILES string of the molecule is CC(=NNC(=O)COc1c(Br)cc(Br)cc1Br)c1ccc(Cl)cc1. The summed E-state index contributed by atoms with van der Waals surface area (Å²) in [5.74, 6) is 0.191. The van der Waals surface area contributed by atoms with E-state index in [-0.39, 0.29) is 12.5 Å². The molecule has 0 atom stereocenters. The van der Waals surface area contributed by atoms with E-state index in [1.54, 1.807) is 19.1 Å². The molecule has 0 aromatic heterocycles. The fourth-order valence-corrected chi connectivity index (χ4v) is 4.35. The zero-order chi connectivity index (χ0) is 17.7. The minimum Gasteiger partial charge on any atom is -0.481 e. The Bertz CT molecular complexity index is 756. The number of nitrogens with zero attached hydrogens (tertiary/aromatic N) is 1. The highest BCUT2D eigenvalue weighted by molar-refractivity contribution is 9.11. The molecule has 0 saturated heterocycles. The van der Waals surface area contributed by atoms with Gasteiger partial charge in [-0.2, -0.15) is 5.10 Å². The van der Waals surface area contributed by atoms with E-state index < -0.39 is 0 Å². The topological polar surface area (TPSA) is 50.7 Å². The maximum Gasteiger partial charge on any atom is 0.277 e. The number of benzene rings is 2. The molecule has 2 rings (SSSR count). The summed E-state index contributed by atoms with van der Waals surface area (Å²) in [7, 11) is 0. The number of carbonyl (C=O) groups excluding carboxylic acids is 1. The summed E-state index contributed by atoms with van der Waals surface area (Å²) in [6.45, 7) is 1.64. The van der Waals surface area contributed by atoms with Crippen LogP contribution in [0.25, 0.3) is 0 Å². The van der Waals surface area contributed by atoms with Crippen LogP contribution < -0.4 is 10.2 Å². The normalized spacial score (nSPS) is 11.3. The Labute approximate surface area is 170 Å². The average Bonchev–Trinajstić information content (AvgIpc) is 2.52. The lowest BCUT2D eigenvalue weighted by atomic mass is 10.1. The molecule has 126 valence electrons. The van der Waals surface area contributed by atoms with Gasteiger partial charge in [0.05, 0.1) is 14.7 Å². The largest absolute Gasteiger partial charge is 0.481 e. The van der Waals surface area contributed by atoms with Crippen LogP contribution in [-0.4, -0.2) is 18.2 Å². The molecule has 0 fully saturated rings. The van der Waals surface area contributed by atoms with Gasteiger partial charge in [-0.05, 0) is 68.6 Å². The van der Waals surface area contributed by atoms with Crippen LogP contribution in [0.3, 0.4) is 0 Å². The molecule has 0 aliphatic heterocycles. The quantitative estimate of drug-likeness (QED) is 0.401. The molecule has 1 N–H and O–H groups in total. The van der Waals surface area contributed by atoms with Crippen molar-refractivity contribution >= 4 is 71.0 Å². The van der Waals surface area contributed by atoms with E-state index in [0.29, 0.717) is 16.5 Å². The Hall–Kier alpha value is -0.890. The Morgan fingerprint density at radius 2 is 1.75 bits per heavy atom. The van der Waals surface area contributed by atoms with Crippen LogP contribution in [-0.2, 0) is 4.79 Å². The third-order valence-corrected chi connectivity index (χ3v) is 4.81. The standard InChI is InChI=1S/C16H12Br3ClN2O2/c1-9(10-2-4-12(20)5-3-10)21-22-15(23)8-24-16-13(18)6-11(17)7-14(16)19/h2-7H,8H2,1H3,(H,22,23). The molecule has 1 amide bonds. The first-order valence-electron chi connectivity index (χ1n) is 6.73. The Balaban J connectivity index is 1.94. The summed E-state index contributed by atoms with van der Waals surface area (Å²) in [4.78, 5) is 11.9. The first-order valence-corrected chi connectivity index (χ1v) is 9.49. The zero-order valence-electron chi connectivity index (χ0n) is 12.4. The van der Waals surface area contributed by atoms with Gasteiger partial charge >= 0.3 is 0 Å². The number of carbonyl (C=O) groups is 1. The molecule has 2 aromatic carbocycles. The van der Waals surface area contributed by atoms with Gasteiger partial charge in [0.25, 0.3) is 5.91 Å². The van der Waals surface area contributed by atoms with E-state index in [1.807, 2.05) is 24.3 Å². The second-order valence-electron chi connectivity index (χ2n) is 4.73. The van der Waals surface area contributed by atoms with Crippen LogP contribution in [0, 0.1) is 0 Å². The van der Waals surface area contributed by atoms with Crippen molar-refractivity contribution < 1.29 is 9.53 Å². The fourth-order valence-electron chi connectivity index (χ4n) is 1.74. The van der Waals surface area contributed by atoms with E-state index in [2.05, 4.69) is 58.3 Å². The van der Waals surface area contributed by atoms with Gasteiger partial charge in [-0.1, -0.05) is 39.7 Å². The summed E-state index contributed by atoms with van der Waals surface area (Å²) < 4.78 is 7.88. The van der Waals surface area contributed by atoms with E-state index in [1.165, 1.54) is 0 Å². The Morgan fingerprint density at radius 1 is 1.17 bits per heavy atom. The van der Waals surface area contributed by atoms with Crippen molar-refractivity contribution in [2.75, 3.05) is 6.61 Å². The van der Waals surface area contributed by atoms with Gasteiger partial charge in [-0.3, -0.25) is 4.79 Å². The van der Waals surface area contributed by atoms with Crippen molar-refractivity contribution in [3.05, 3.63) is 60.4 Å². The number of nitrogens with one attached hydrogen (secondary N) is 1. The second kappa shape index (κ2) is 8.99. The van der Waals surface area contributed by atoms with Gasteiger partial charge in [0.2, 0.25) is 0 Å². The van der Waals surface area contributed by atoms with Gasteiger partial charge in [-0.15, -0.1) is 0 Å². The number of hydrazone groups is 1. The fraction of sp³-hybridized carbons (Fsp3) is 0.125. The second-order valence-corrected chi connectivity index (χ2v) is 7.79. The highest BCUT2D eigenvalue weighted by Crippen LogP contribution is 2.36. The molecule has 0 heterocycles. The van der Waals surface area contributed by atoms with Crippen molar-refractivity contribution in [1.82, 2.24) is 5.43 Å². The molecule has 8 heteroatoms. The van der Waals surface area contributed by atoms with Crippen LogP contribution in [0.1, 0.15) is 12.5 Å². The summed E-state index contributed by atoms with van der Waals surface area (Å²) >= 11 is 16.0. The van der Waals surface area contributed by atoms with Crippen LogP contribution in [0.5, 0.6) is 5.75 Å². The molecular formula is C16H12Br3ClN2O2. The third kappa shape index (κ3) is 5.58. The van der Waals surface area contributed by atoms with Gasteiger partial charge in [-0.25, -0.2) is 5.43 Å². The summed E-state index contributed by atoms with van der Waals surface area (Å²) in [6, 6.07) is 10.9. The number of amides is 1. The number of ether oxygens (including phenoxy) is 1. The van der Waals surface area contributed by atoms with Gasteiger partial charge in [0, 0.05) is 9.50 Å². The first kappa shape index (κ1) is 19.4. The smallest absolute Gasteiger partial charge is 0.277 e. The third-order valence-electron chi connectivity index (χ3n) is 2.92. The minimum absolute atomic E-state index is 0.157. The zero-order valence-corrected chi connectivity index (χ0v) is 18.0. The van der Waals surface area contributed by atoms with Gasteiger partial charge < -0.3 is 4.74 Å². The molecule has 4 nitrogen and oxygen atoms in total. The Morgan fingerprint density at radius 3 is 2.33 bits per heavy atom. The van der Waals surface area contributed by atoms with Crippen LogP contribution in [0.15, 0.2) is 54.9 Å². The van der Waals surface area contributed by atoms with Crippen LogP contribution >= 0.6 is 59.4 Å². The Kier molecular flexibility index (Phi) is 7.28. The van der Waals surface area contributed by atoms with E-state index in [9.17, 15) is 4.79 Å². The number of rotatable bonds is 5. The molecule has 0 spiro atoms. The highest BCUT2D eigenvalue weighted by Gasteiger charge is 2.10. The van der Waals surface area contributed by atoms with Crippen LogP contribution in [0.4, 0.5) is 0 Å². The monoisotopic (exact) mass is 536 g/mol. The lowest BCUT2D eigenvalue weighted by molar-refractivity contribution is -0.123. The molecular weight excluding hydrogens is 527 g/mol. The molecule has 0 aliphatic rings. The predicted octanol–water partition coefficient (Wildman–Crippen LogP) is 5.55. The minimum atomic E-state index is -0.356. The molecule has 2 aromatic rings. The molecule has 0 saturated carbocycles. The van der Waals surface area contributed by atoms with Crippen LogP contribution in [0.2, 0.25) is 5.02 Å². The van der Waals surface area contributed by atoms with Crippen molar-refractivity contribution in [1.29, 1.82) is 0 Å². The highest BCUT2D eigenvalue weighted by atomic mass is 79.9. The molecule has 0 radical (unpaired) electrons. The maximum absolute atomic E-state index is 11.9. The number of halogens is 4. The average molecular weight is 539 g/mol. The molecule has 24 heavy (non-hydrogen) atoms. The van der Waals surface area contributed by atoms with Crippen molar-refractivity contribution in [3.8, 4) is 5.75 Å². The van der Waals surface area contributed by atoms with Crippen molar-refractivity contribution in [2.45, 2.75) is 6.92 Å². The number of hydrogen-bond donors (Lipinski definition) is 1. The maximum atomic E-state index is 11.9. The lowest BCUT2D eigenvalue weighted by Crippen LogP contribution is -2.25. The molecule has 0 aliphatic carbocycles. The van der Waals surface area contributed by atoms with Gasteiger partial charge in [0.1, 0.15) is 5.75 Å². The molecule has 0 bridgehead atoms. The summed E-state index contributed by atoms with van der Waals surface area (Å²) in [5, 5.41) is 4.71. The van der Waals surface area contributed by atoms with Crippen molar-refractivity contribution in [3.63, 3.8) is 0 Å².